The van der Waals surface area contributed by atoms with Crippen LogP contribution in [0.15, 0.2) is 24.3 Å². The summed E-state index contributed by atoms with van der Waals surface area (Å²) >= 11 is 1.38. The molecule has 19 heavy (non-hydrogen) atoms. The number of nitrogens with two attached hydrogens (primary N) is 1. The highest BCUT2D eigenvalue weighted by Crippen LogP contribution is 2.29. The smallest absolute Gasteiger partial charge is 0.268 e. The molecule has 0 aliphatic heterocycles. The standard InChI is InChI=1S/C14H12N2O2S/c1-3-9-5-4-6-10(7-9)14-16-12(13(15)17)11(19-14)8-18-2/h1,4-7H,8H2,2H3,(H2,15,17). The lowest BCUT2D eigenvalue weighted by Gasteiger charge is -1.96. The molecule has 0 saturated heterocycles. The SMILES string of the molecule is C#Cc1cccc(-c2nc(C(N)=O)c(COC)s2)c1. The molecular formula is C14H12N2O2S. The fourth-order valence-electron chi connectivity index (χ4n) is 1.64. The molecule has 0 unspecified atom stereocenters. The third-order valence-electron chi connectivity index (χ3n) is 2.48. The number of rotatable bonds is 4. The van der Waals surface area contributed by atoms with Gasteiger partial charge >= 0.3 is 0 Å². The molecule has 0 bridgehead atoms. The van der Waals surface area contributed by atoms with Gasteiger partial charge in [-0.05, 0) is 12.1 Å². The maximum absolute atomic E-state index is 11.3. The van der Waals surface area contributed by atoms with Gasteiger partial charge in [-0.2, -0.15) is 0 Å². The first kappa shape index (κ1) is 13.3. The van der Waals surface area contributed by atoms with Crippen molar-refractivity contribution < 1.29 is 9.53 Å². The third kappa shape index (κ3) is 2.81. The van der Waals surface area contributed by atoms with Crippen molar-refractivity contribution in [2.75, 3.05) is 7.11 Å². The monoisotopic (exact) mass is 272 g/mol. The van der Waals surface area contributed by atoms with Gasteiger partial charge in [-0.3, -0.25) is 4.79 Å². The molecule has 0 spiro atoms. The molecule has 1 amide bonds. The van der Waals surface area contributed by atoms with Gasteiger partial charge in [-0.25, -0.2) is 4.98 Å². The number of amides is 1. The topological polar surface area (TPSA) is 65.2 Å². The zero-order chi connectivity index (χ0) is 13.8. The number of benzene rings is 1. The van der Waals surface area contributed by atoms with Crippen LogP contribution in [0.2, 0.25) is 0 Å². The van der Waals surface area contributed by atoms with Crippen LogP contribution >= 0.6 is 11.3 Å². The molecule has 2 N–H and O–H groups in total. The molecule has 0 radical (unpaired) electrons. The number of thiazole rings is 1. The van der Waals surface area contributed by atoms with Crippen molar-refractivity contribution in [2.45, 2.75) is 6.61 Å². The van der Waals surface area contributed by atoms with Gasteiger partial charge in [-0.1, -0.05) is 18.1 Å². The second-order valence-electron chi connectivity index (χ2n) is 3.81. The van der Waals surface area contributed by atoms with Crippen molar-refractivity contribution in [1.82, 2.24) is 4.98 Å². The zero-order valence-electron chi connectivity index (χ0n) is 10.3. The highest BCUT2D eigenvalue weighted by atomic mass is 32.1. The third-order valence-corrected chi connectivity index (χ3v) is 3.56. The number of ether oxygens (including phenoxy) is 1. The molecule has 0 saturated carbocycles. The zero-order valence-corrected chi connectivity index (χ0v) is 11.2. The lowest BCUT2D eigenvalue weighted by atomic mass is 10.1. The number of aromatic nitrogens is 1. The Balaban J connectivity index is 2.48. The molecule has 4 nitrogen and oxygen atoms in total. The van der Waals surface area contributed by atoms with E-state index in [1.807, 2.05) is 24.3 Å². The van der Waals surface area contributed by atoms with Crippen molar-refractivity contribution in [3.8, 4) is 22.9 Å². The van der Waals surface area contributed by atoms with Crippen LogP contribution in [0.5, 0.6) is 0 Å². The first-order valence-corrected chi connectivity index (χ1v) is 6.33. The maximum atomic E-state index is 11.3. The molecule has 96 valence electrons. The molecule has 0 fully saturated rings. The lowest BCUT2D eigenvalue weighted by molar-refractivity contribution is 0.0991. The van der Waals surface area contributed by atoms with Gasteiger partial charge in [0.1, 0.15) is 10.7 Å². The summed E-state index contributed by atoms with van der Waals surface area (Å²) in [5, 5.41) is 0.706. The Hall–Kier alpha value is -2.16. The van der Waals surface area contributed by atoms with Crippen molar-refractivity contribution in [3.63, 3.8) is 0 Å². The number of nitrogens with zero attached hydrogens (tertiary/aromatic N) is 1. The number of methoxy groups -OCH3 is 1. The van der Waals surface area contributed by atoms with E-state index in [9.17, 15) is 4.79 Å². The predicted octanol–water partition coefficient (Wildman–Crippen LogP) is 2.04. The van der Waals surface area contributed by atoms with E-state index in [1.165, 1.54) is 11.3 Å². The predicted molar refractivity (Wildman–Crippen MR) is 74.7 cm³/mol. The summed E-state index contributed by atoms with van der Waals surface area (Å²) in [6.07, 6.45) is 5.37. The molecular weight excluding hydrogens is 260 g/mol. The van der Waals surface area contributed by atoms with Gasteiger partial charge in [0.05, 0.1) is 11.5 Å². The number of hydrogen-bond acceptors (Lipinski definition) is 4. The Labute approximate surface area is 115 Å². The fourth-order valence-corrected chi connectivity index (χ4v) is 2.67. The average molecular weight is 272 g/mol. The first-order chi connectivity index (χ1) is 9.15. The minimum atomic E-state index is -0.553. The number of carbonyl (C=O) groups is 1. The van der Waals surface area contributed by atoms with Gasteiger partial charge < -0.3 is 10.5 Å². The lowest BCUT2D eigenvalue weighted by Crippen LogP contribution is -2.13. The Kier molecular flexibility index (Phi) is 3.95. The van der Waals surface area contributed by atoms with E-state index in [0.29, 0.717) is 11.6 Å². The van der Waals surface area contributed by atoms with Crippen LogP contribution in [0.3, 0.4) is 0 Å². The molecule has 0 atom stereocenters. The summed E-state index contributed by atoms with van der Waals surface area (Å²) in [6.45, 7) is 0.310. The van der Waals surface area contributed by atoms with Crippen LogP contribution in [-0.4, -0.2) is 18.0 Å². The summed E-state index contributed by atoms with van der Waals surface area (Å²) in [7, 11) is 1.56. The Bertz CT molecular complexity index is 656. The van der Waals surface area contributed by atoms with Crippen molar-refractivity contribution in [1.29, 1.82) is 0 Å². The van der Waals surface area contributed by atoms with Crippen LogP contribution in [0.4, 0.5) is 0 Å². The molecule has 1 aromatic carbocycles. The van der Waals surface area contributed by atoms with Gasteiger partial charge in [0, 0.05) is 18.2 Å². The second-order valence-corrected chi connectivity index (χ2v) is 4.90. The molecule has 5 heteroatoms. The average Bonchev–Trinajstić information content (AvgIpc) is 2.83. The van der Waals surface area contributed by atoms with Crippen LogP contribution in [-0.2, 0) is 11.3 Å². The molecule has 1 aromatic heterocycles. The highest BCUT2D eigenvalue weighted by Gasteiger charge is 2.16. The maximum Gasteiger partial charge on any atom is 0.268 e. The van der Waals surface area contributed by atoms with Crippen molar-refractivity contribution in [3.05, 3.63) is 40.4 Å². The van der Waals surface area contributed by atoms with E-state index in [4.69, 9.17) is 16.9 Å². The van der Waals surface area contributed by atoms with Crippen LogP contribution in [0, 0.1) is 12.3 Å². The van der Waals surface area contributed by atoms with E-state index >= 15 is 0 Å². The Morgan fingerprint density at radius 2 is 2.37 bits per heavy atom. The quantitative estimate of drug-likeness (QED) is 0.866. The van der Waals surface area contributed by atoms with Gasteiger partial charge in [0.15, 0.2) is 0 Å². The van der Waals surface area contributed by atoms with Crippen LogP contribution in [0.1, 0.15) is 20.9 Å². The molecule has 1 heterocycles. The summed E-state index contributed by atoms with van der Waals surface area (Å²) in [4.78, 5) is 16.3. The summed E-state index contributed by atoms with van der Waals surface area (Å²) in [6, 6.07) is 7.43. The van der Waals surface area contributed by atoms with E-state index in [-0.39, 0.29) is 5.69 Å². The Morgan fingerprint density at radius 1 is 1.58 bits per heavy atom. The van der Waals surface area contributed by atoms with Gasteiger partial charge in [-0.15, -0.1) is 17.8 Å². The Morgan fingerprint density at radius 3 is 3.00 bits per heavy atom. The van der Waals surface area contributed by atoms with E-state index in [1.54, 1.807) is 7.11 Å². The highest BCUT2D eigenvalue weighted by molar-refractivity contribution is 7.15. The van der Waals surface area contributed by atoms with Crippen LogP contribution in [0.25, 0.3) is 10.6 Å². The number of terminal acetylenes is 1. The number of primary amides is 1. The van der Waals surface area contributed by atoms with Crippen LogP contribution < -0.4 is 5.73 Å². The minimum Gasteiger partial charge on any atom is -0.379 e. The molecule has 0 aliphatic rings. The van der Waals surface area contributed by atoms with Crippen molar-refractivity contribution >= 4 is 17.2 Å². The molecule has 2 rings (SSSR count). The molecule has 2 aromatic rings. The largest absolute Gasteiger partial charge is 0.379 e. The summed E-state index contributed by atoms with van der Waals surface area (Å²) < 4.78 is 5.04. The second kappa shape index (κ2) is 5.65. The van der Waals surface area contributed by atoms with Crippen molar-refractivity contribution in [2.24, 2.45) is 5.73 Å². The van der Waals surface area contributed by atoms with Gasteiger partial charge in [0.25, 0.3) is 5.91 Å². The van der Waals surface area contributed by atoms with E-state index < -0.39 is 5.91 Å². The van der Waals surface area contributed by atoms with E-state index in [2.05, 4.69) is 10.9 Å². The van der Waals surface area contributed by atoms with Gasteiger partial charge in [0.2, 0.25) is 0 Å². The number of carbonyl (C=O) groups excluding carboxylic acids is 1. The minimum absolute atomic E-state index is 0.257. The first-order valence-electron chi connectivity index (χ1n) is 5.51. The summed E-state index contributed by atoms with van der Waals surface area (Å²) in [5.41, 5.74) is 7.20. The fraction of sp³-hybridized carbons (Fsp3) is 0.143. The molecule has 0 aliphatic carbocycles. The normalized spacial score (nSPS) is 10.1. The number of hydrogen-bond donors (Lipinski definition) is 1. The van der Waals surface area contributed by atoms with E-state index in [0.717, 1.165) is 16.0 Å². The summed E-state index contributed by atoms with van der Waals surface area (Å²) in [5.74, 6) is 2.01.